The molecule has 1 aromatic carbocycles. The summed E-state index contributed by atoms with van der Waals surface area (Å²) in [7, 11) is 0. The number of nitrogens with zero attached hydrogens (tertiary/aromatic N) is 1. The topological polar surface area (TPSA) is 32.3 Å². The Labute approximate surface area is 139 Å². The van der Waals surface area contributed by atoms with Gasteiger partial charge in [0.1, 0.15) is 0 Å². The molecule has 124 valence electrons. The number of piperidine rings is 1. The molecule has 1 heterocycles. The molecule has 1 N–H and O–H groups in total. The Morgan fingerprint density at radius 2 is 1.78 bits per heavy atom. The van der Waals surface area contributed by atoms with Crippen molar-refractivity contribution in [1.29, 1.82) is 0 Å². The van der Waals surface area contributed by atoms with E-state index in [1.807, 2.05) is 11.1 Å². The van der Waals surface area contributed by atoms with Crippen LogP contribution in [0.3, 0.4) is 0 Å². The standard InChI is InChI=1S/C20H28N2O/c23-20(21-13-10-17-6-4-5-7-17)22-14-11-19(12-15-22)16-18-8-2-1-3-9-18/h1-3,8-10,13,17,19H,4-7,11-12,14-16H2,(H,21,23)/b13-10+. The summed E-state index contributed by atoms with van der Waals surface area (Å²) in [5.41, 5.74) is 1.41. The second-order valence-corrected chi connectivity index (χ2v) is 6.97. The summed E-state index contributed by atoms with van der Waals surface area (Å²) >= 11 is 0. The minimum atomic E-state index is 0.0670. The van der Waals surface area contributed by atoms with Crippen LogP contribution in [0.2, 0.25) is 0 Å². The first-order valence-corrected chi connectivity index (χ1v) is 9.07. The predicted octanol–water partition coefficient (Wildman–Crippen LogP) is 4.35. The SMILES string of the molecule is O=C(N/C=C/C1CCCC1)N1CCC(Cc2ccccc2)CC1. The quantitative estimate of drug-likeness (QED) is 0.880. The van der Waals surface area contributed by atoms with Gasteiger partial charge < -0.3 is 10.2 Å². The third-order valence-corrected chi connectivity index (χ3v) is 5.24. The third-order valence-electron chi connectivity index (χ3n) is 5.24. The second-order valence-electron chi connectivity index (χ2n) is 6.97. The van der Waals surface area contributed by atoms with Gasteiger partial charge in [-0.2, -0.15) is 0 Å². The Bertz CT molecular complexity index is 512. The molecule has 3 nitrogen and oxygen atoms in total. The minimum Gasteiger partial charge on any atom is -0.325 e. The van der Waals surface area contributed by atoms with Crippen molar-refractivity contribution in [1.82, 2.24) is 10.2 Å². The maximum atomic E-state index is 12.2. The number of amides is 2. The van der Waals surface area contributed by atoms with Crippen molar-refractivity contribution in [2.24, 2.45) is 11.8 Å². The molecule has 1 saturated carbocycles. The van der Waals surface area contributed by atoms with Crippen LogP contribution in [0.5, 0.6) is 0 Å². The Balaban J connectivity index is 1.38. The molecule has 1 aliphatic heterocycles. The highest BCUT2D eigenvalue weighted by Crippen LogP contribution is 2.25. The van der Waals surface area contributed by atoms with Gasteiger partial charge in [0.05, 0.1) is 0 Å². The van der Waals surface area contributed by atoms with Crippen LogP contribution in [-0.2, 0) is 6.42 Å². The first-order valence-electron chi connectivity index (χ1n) is 9.07. The van der Waals surface area contributed by atoms with Gasteiger partial charge in [-0.25, -0.2) is 4.79 Å². The summed E-state index contributed by atoms with van der Waals surface area (Å²) < 4.78 is 0. The number of carbonyl (C=O) groups is 1. The largest absolute Gasteiger partial charge is 0.325 e. The number of carbonyl (C=O) groups excluding carboxylic acids is 1. The van der Waals surface area contributed by atoms with Crippen molar-refractivity contribution >= 4 is 6.03 Å². The fraction of sp³-hybridized carbons (Fsp3) is 0.550. The zero-order chi connectivity index (χ0) is 15.9. The van der Waals surface area contributed by atoms with E-state index in [9.17, 15) is 4.79 Å². The molecule has 2 fully saturated rings. The van der Waals surface area contributed by atoms with Crippen LogP contribution in [0.1, 0.15) is 44.1 Å². The van der Waals surface area contributed by atoms with Gasteiger partial charge in [-0.3, -0.25) is 0 Å². The summed E-state index contributed by atoms with van der Waals surface area (Å²) in [6.45, 7) is 1.75. The van der Waals surface area contributed by atoms with Gasteiger partial charge in [0, 0.05) is 19.3 Å². The van der Waals surface area contributed by atoms with Gasteiger partial charge in [0.25, 0.3) is 0 Å². The van der Waals surface area contributed by atoms with E-state index in [1.54, 1.807) is 0 Å². The molecule has 23 heavy (non-hydrogen) atoms. The van der Waals surface area contributed by atoms with Crippen LogP contribution in [0.25, 0.3) is 0 Å². The number of likely N-dealkylation sites (tertiary alicyclic amines) is 1. The number of nitrogens with one attached hydrogen (secondary N) is 1. The highest BCUT2D eigenvalue weighted by molar-refractivity contribution is 5.75. The third kappa shape index (κ3) is 4.85. The molecule has 0 bridgehead atoms. The van der Waals surface area contributed by atoms with E-state index < -0.39 is 0 Å². The lowest BCUT2D eigenvalue weighted by Gasteiger charge is -2.31. The molecular formula is C20H28N2O. The first-order chi connectivity index (χ1) is 11.3. The molecular weight excluding hydrogens is 284 g/mol. The van der Waals surface area contributed by atoms with Crippen molar-refractivity contribution in [2.45, 2.75) is 44.9 Å². The molecule has 0 radical (unpaired) electrons. The maximum Gasteiger partial charge on any atom is 0.321 e. The lowest BCUT2D eigenvalue weighted by molar-refractivity contribution is 0.173. The molecule has 0 atom stereocenters. The van der Waals surface area contributed by atoms with Gasteiger partial charge in [-0.05, 0) is 49.5 Å². The van der Waals surface area contributed by atoms with Crippen LogP contribution < -0.4 is 5.32 Å². The smallest absolute Gasteiger partial charge is 0.321 e. The fourth-order valence-corrected chi connectivity index (χ4v) is 3.78. The number of urea groups is 1. The Morgan fingerprint density at radius 3 is 2.48 bits per heavy atom. The Hall–Kier alpha value is -1.77. The molecule has 3 rings (SSSR count). The molecule has 1 aliphatic carbocycles. The highest BCUT2D eigenvalue weighted by Gasteiger charge is 2.22. The number of allylic oxidation sites excluding steroid dienone is 1. The van der Waals surface area contributed by atoms with Crippen molar-refractivity contribution in [3.05, 3.63) is 48.2 Å². The molecule has 3 heteroatoms. The van der Waals surface area contributed by atoms with Gasteiger partial charge in [-0.15, -0.1) is 0 Å². The minimum absolute atomic E-state index is 0.0670. The maximum absolute atomic E-state index is 12.2. The summed E-state index contributed by atoms with van der Waals surface area (Å²) in [6, 6.07) is 10.7. The number of hydrogen-bond donors (Lipinski definition) is 1. The van der Waals surface area contributed by atoms with Crippen molar-refractivity contribution in [2.75, 3.05) is 13.1 Å². The van der Waals surface area contributed by atoms with Gasteiger partial charge in [-0.1, -0.05) is 49.2 Å². The Morgan fingerprint density at radius 1 is 1.09 bits per heavy atom. The van der Waals surface area contributed by atoms with Crippen LogP contribution in [0.15, 0.2) is 42.6 Å². The van der Waals surface area contributed by atoms with E-state index in [0.29, 0.717) is 11.8 Å². The van der Waals surface area contributed by atoms with Crippen molar-refractivity contribution in [3.8, 4) is 0 Å². The number of benzene rings is 1. The second kappa shape index (κ2) is 8.19. The molecule has 1 saturated heterocycles. The van der Waals surface area contributed by atoms with E-state index >= 15 is 0 Å². The average Bonchev–Trinajstić information content (AvgIpc) is 3.10. The fourth-order valence-electron chi connectivity index (χ4n) is 3.78. The molecule has 0 spiro atoms. The van der Waals surface area contributed by atoms with Gasteiger partial charge >= 0.3 is 6.03 Å². The predicted molar refractivity (Wildman–Crippen MR) is 94.1 cm³/mol. The highest BCUT2D eigenvalue weighted by atomic mass is 16.2. The van der Waals surface area contributed by atoms with E-state index in [-0.39, 0.29) is 6.03 Å². The Kier molecular flexibility index (Phi) is 5.73. The zero-order valence-corrected chi connectivity index (χ0v) is 13.9. The normalized spacial score (nSPS) is 20.3. The molecule has 2 amide bonds. The van der Waals surface area contributed by atoms with Crippen LogP contribution in [0, 0.1) is 11.8 Å². The van der Waals surface area contributed by atoms with E-state index in [0.717, 1.165) is 32.4 Å². The van der Waals surface area contributed by atoms with Crippen molar-refractivity contribution in [3.63, 3.8) is 0 Å². The summed E-state index contributed by atoms with van der Waals surface area (Å²) in [5.74, 6) is 1.38. The molecule has 1 aromatic rings. The van der Waals surface area contributed by atoms with Crippen LogP contribution in [0.4, 0.5) is 4.79 Å². The average molecular weight is 312 g/mol. The summed E-state index contributed by atoms with van der Waals surface area (Å²) in [6.07, 6.45) is 12.6. The monoisotopic (exact) mass is 312 g/mol. The summed E-state index contributed by atoms with van der Waals surface area (Å²) in [4.78, 5) is 14.2. The van der Waals surface area contributed by atoms with Crippen LogP contribution in [-0.4, -0.2) is 24.0 Å². The van der Waals surface area contributed by atoms with E-state index in [2.05, 4.69) is 41.7 Å². The van der Waals surface area contributed by atoms with Gasteiger partial charge in [0.2, 0.25) is 0 Å². The van der Waals surface area contributed by atoms with E-state index in [4.69, 9.17) is 0 Å². The summed E-state index contributed by atoms with van der Waals surface area (Å²) in [5, 5.41) is 2.95. The van der Waals surface area contributed by atoms with Gasteiger partial charge in [0.15, 0.2) is 0 Å². The van der Waals surface area contributed by atoms with Crippen LogP contribution >= 0.6 is 0 Å². The number of rotatable bonds is 4. The first kappa shape index (κ1) is 16.1. The lowest BCUT2D eigenvalue weighted by atomic mass is 9.90. The molecule has 0 unspecified atom stereocenters. The van der Waals surface area contributed by atoms with Crippen molar-refractivity contribution < 1.29 is 4.79 Å². The molecule has 0 aromatic heterocycles. The number of hydrogen-bond acceptors (Lipinski definition) is 1. The lowest BCUT2D eigenvalue weighted by Crippen LogP contribution is -2.43. The van der Waals surface area contributed by atoms with E-state index in [1.165, 1.54) is 31.2 Å². The molecule has 2 aliphatic rings. The zero-order valence-electron chi connectivity index (χ0n) is 13.9.